The molecule has 7 nitrogen and oxygen atoms in total. The zero-order valence-corrected chi connectivity index (χ0v) is 20.4. The fourth-order valence-corrected chi connectivity index (χ4v) is 7.36. The van der Waals surface area contributed by atoms with E-state index in [2.05, 4.69) is 31.2 Å². The number of alkyl halides is 1. The van der Waals surface area contributed by atoms with E-state index in [1.165, 1.54) is 11.1 Å². The molecule has 4 heterocycles. The number of rotatable bonds is 7. The summed E-state index contributed by atoms with van der Waals surface area (Å²) in [5.74, 6) is 0.515. The number of aromatic nitrogens is 3. The number of hydrogen-bond donors (Lipinski definition) is 2. The van der Waals surface area contributed by atoms with Gasteiger partial charge in [-0.3, -0.25) is 14.7 Å². The van der Waals surface area contributed by atoms with Gasteiger partial charge in [-0.2, -0.15) is 0 Å². The molecule has 2 aromatic heterocycles. The van der Waals surface area contributed by atoms with Crippen LogP contribution >= 0.6 is 11.8 Å². The van der Waals surface area contributed by atoms with Crippen molar-refractivity contribution in [1.82, 2.24) is 25.2 Å². The highest BCUT2D eigenvalue weighted by Gasteiger charge is 2.40. The third kappa shape index (κ3) is 4.69. The van der Waals surface area contributed by atoms with Gasteiger partial charge in [0.05, 0.1) is 30.1 Å². The highest BCUT2D eigenvalue weighted by atomic mass is 32.2. The molecule has 3 aliphatic rings. The molecule has 0 bridgehead atoms. The summed E-state index contributed by atoms with van der Waals surface area (Å²) in [6, 6.07) is 8.03. The van der Waals surface area contributed by atoms with E-state index in [1.54, 1.807) is 12.1 Å². The molecule has 2 aliphatic heterocycles. The number of imidazole rings is 1. The van der Waals surface area contributed by atoms with Crippen LogP contribution in [-0.4, -0.2) is 69.4 Å². The van der Waals surface area contributed by atoms with Crippen LogP contribution in [0.4, 0.5) is 4.39 Å². The number of hydrogen-bond acceptors (Lipinski definition) is 6. The lowest BCUT2D eigenvalue weighted by Gasteiger charge is -2.23. The van der Waals surface area contributed by atoms with Crippen molar-refractivity contribution in [1.29, 1.82) is 0 Å². The number of carbonyl (C=O) groups is 1. The monoisotopic (exact) mass is 495 g/mol. The Balaban J connectivity index is 1.16. The quantitative estimate of drug-likeness (QED) is 0.523. The number of carbonyl (C=O) groups excluding carboxylic acids is 1. The van der Waals surface area contributed by atoms with Gasteiger partial charge in [0.2, 0.25) is 5.91 Å². The van der Waals surface area contributed by atoms with Crippen LogP contribution < -0.4 is 5.32 Å². The van der Waals surface area contributed by atoms with Gasteiger partial charge in [0.1, 0.15) is 12.5 Å². The summed E-state index contributed by atoms with van der Waals surface area (Å²) in [4.78, 5) is 27.6. The number of pyridine rings is 1. The number of nitrogens with zero attached hydrogens (tertiary/aromatic N) is 3. The number of ether oxygens (including phenoxy) is 1. The zero-order valence-electron chi connectivity index (χ0n) is 19.6. The SMILES string of the molecule is O=C(Cc1nc2c(CF)cccc2[nH]1)NC1CN(C2CCOC2)C[C@@H]1SC1CCc2cnccc21. The normalized spacial score (nSPS) is 26.4. The van der Waals surface area contributed by atoms with Crippen LogP contribution in [0.25, 0.3) is 11.0 Å². The number of para-hydroxylation sites is 1. The summed E-state index contributed by atoms with van der Waals surface area (Å²) < 4.78 is 19.0. The highest BCUT2D eigenvalue weighted by Crippen LogP contribution is 2.45. The fraction of sp³-hybridized carbons (Fsp3) is 0.500. The molecular weight excluding hydrogens is 465 g/mol. The van der Waals surface area contributed by atoms with Crippen LogP contribution in [0.1, 0.15) is 40.6 Å². The Labute approximate surface area is 208 Å². The molecule has 9 heteroatoms. The van der Waals surface area contributed by atoms with Crippen LogP contribution in [-0.2, 0) is 29.0 Å². The number of benzene rings is 1. The number of likely N-dealkylation sites (tertiary alicyclic amines) is 1. The summed E-state index contributed by atoms with van der Waals surface area (Å²) in [5.41, 5.74) is 4.65. The molecule has 0 spiro atoms. The minimum absolute atomic E-state index is 0.0537. The maximum absolute atomic E-state index is 13.3. The van der Waals surface area contributed by atoms with Gasteiger partial charge in [-0.25, -0.2) is 9.37 Å². The van der Waals surface area contributed by atoms with Crippen molar-refractivity contribution in [2.24, 2.45) is 0 Å². The van der Waals surface area contributed by atoms with Crippen molar-refractivity contribution in [3.05, 3.63) is 59.2 Å². The van der Waals surface area contributed by atoms with Gasteiger partial charge < -0.3 is 15.0 Å². The summed E-state index contributed by atoms with van der Waals surface area (Å²) in [6.45, 7) is 2.79. The van der Waals surface area contributed by atoms with E-state index in [1.807, 2.05) is 30.2 Å². The lowest BCUT2D eigenvalue weighted by Crippen LogP contribution is -2.43. The number of fused-ring (bicyclic) bond motifs is 2. The Morgan fingerprint density at radius 3 is 3.09 bits per heavy atom. The first-order valence-electron chi connectivity index (χ1n) is 12.4. The van der Waals surface area contributed by atoms with E-state index >= 15 is 0 Å². The lowest BCUT2D eigenvalue weighted by molar-refractivity contribution is -0.121. The Bertz CT molecular complexity index is 1210. The molecule has 2 fully saturated rings. The van der Waals surface area contributed by atoms with Crippen LogP contribution in [0.5, 0.6) is 0 Å². The van der Waals surface area contributed by atoms with Gasteiger partial charge in [-0.1, -0.05) is 12.1 Å². The number of halogens is 1. The topological polar surface area (TPSA) is 83.1 Å². The molecule has 35 heavy (non-hydrogen) atoms. The minimum Gasteiger partial charge on any atom is -0.380 e. The van der Waals surface area contributed by atoms with E-state index in [4.69, 9.17) is 4.74 Å². The average molecular weight is 496 g/mol. The Kier molecular flexibility index (Phi) is 6.47. The molecule has 2 N–H and O–H groups in total. The van der Waals surface area contributed by atoms with E-state index in [0.29, 0.717) is 33.4 Å². The molecule has 1 aromatic carbocycles. The molecule has 3 unspecified atom stereocenters. The van der Waals surface area contributed by atoms with Crippen molar-refractivity contribution in [3.8, 4) is 0 Å². The first-order valence-corrected chi connectivity index (χ1v) is 13.3. The fourth-order valence-electron chi connectivity index (χ4n) is 5.69. The molecule has 1 amide bonds. The molecule has 6 rings (SSSR count). The predicted octanol–water partition coefficient (Wildman–Crippen LogP) is 3.35. The Morgan fingerprint density at radius 1 is 1.29 bits per heavy atom. The molecule has 1 aliphatic carbocycles. The molecule has 0 radical (unpaired) electrons. The smallest absolute Gasteiger partial charge is 0.227 e. The number of amides is 1. The van der Waals surface area contributed by atoms with Crippen LogP contribution in [0, 0.1) is 0 Å². The molecule has 3 aromatic rings. The van der Waals surface area contributed by atoms with Crippen molar-refractivity contribution in [2.45, 2.75) is 54.9 Å². The third-order valence-electron chi connectivity index (χ3n) is 7.48. The van der Waals surface area contributed by atoms with Gasteiger partial charge in [-0.05, 0) is 42.5 Å². The maximum atomic E-state index is 13.3. The molecule has 4 atom stereocenters. The van der Waals surface area contributed by atoms with Crippen molar-refractivity contribution < 1.29 is 13.9 Å². The molecule has 184 valence electrons. The second-order valence-electron chi connectivity index (χ2n) is 9.73. The van der Waals surface area contributed by atoms with Crippen LogP contribution in [0.3, 0.4) is 0 Å². The van der Waals surface area contributed by atoms with Gasteiger partial charge in [0.25, 0.3) is 0 Å². The van der Waals surface area contributed by atoms with Gasteiger partial charge in [-0.15, -0.1) is 11.8 Å². The Hall–Kier alpha value is -2.49. The first-order chi connectivity index (χ1) is 17.2. The van der Waals surface area contributed by atoms with Crippen molar-refractivity contribution in [3.63, 3.8) is 0 Å². The van der Waals surface area contributed by atoms with Crippen molar-refractivity contribution >= 4 is 28.7 Å². The van der Waals surface area contributed by atoms with Gasteiger partial charge in [0, 0.05) is 54.2 Å². The second-order valence-corrected chi connectivity index (χ2v) is 11.2. The lowest BCUT2D eigenvalue weighted by atomic mass is 10.2. The van der Waals surface area contributed by atoms with Crippen LogP contribution in [0.15, 0.2) is 36.7 Å². The number of aryl methyl sites for hydroxylation is 1. The number of thioether (sulfide) groups is 1. The second kappa shape index (κ2) is 9.87. The standard InChI is InChI=1S/C26H30FN5O2S/c27-11-16-2-1-3-20-26(16)31-24(29-20)10-25(33)30-21-13-32(18-7-9-34-15-18)14-23(21)35-22-5-4-17-12-28-8-6-19(17)22/h1-3,6,8,12,18,21-23H,4-5,7,9-11,13-15H2,(H,29,31)(H,30,33)/t18?,21?,22?,23-/m0/s1. The average Bonchev–Trinajstić information content (AvgIpc) is 3.66. The summed E-state index contributed by atoms with van der Waals surface area (Å²) in [7, 11) is 0. The Morgan fingerprint density at radius 2 is 2.23 bits per heavy atom. The molecule has 2 saturated heterocycles. The molecule has 0 saturated carbocycles. The number of aromatic amines is 1. The van der Waals surface area contributed by atoms with Gasteiger partial charge in [0.15, 0.2) is 0 Å². The van der Waals surface area contributed by atoms with Crippen LogP contribution in [0.2, 0.25) is 0 Å². The molecular formula is C26H30FN5O2S. The van der Waals surface area contributed by atoms with E-state index in [-0.39, 0.29) is 18.4 Å². The predicted molar refractivity (Wildman–Crippen MR) is 134 cm³/mol. The van der Waals surface area contributed by atoms with E-state index in [0.717, 1.165) is 51.1 Å². The van der Waals surface area contributed by atoms with E-state index < -0.39 is 6.67 Å². The van der Waals surface area contributed by atoms with E-state index in [9.17, 15) is 9.18 Å². The highest BCUT2D eigenvalue weighted by molar-refractivity contribution is 8.00. The summed E-state index contributed by atoms with van der Waals surface area (Å²) in [6.07, 6.45) is 7.26. The zero-order chi connectivity index (χ0) is 23.8. The first kappa shape index (κ1) is 22.9. The van der Waals surface area contributed by atoms with Crippen molar-refractivity contribution in [2.75, 3.05) is 26.3 Å². The number of H-pyrrole nitrogens is 1. The largest absolute Gasteiger partial charge is 0.380 e. The minimum atomic E-state index is -0.574. The third-order valence-corrected chi connectivity index (χ3v) is 9.13. The summed E-state index contributed by atoms with van der Waals surface area (Å²) >= 11 is 2.00. The number of nitrogens with one attached hydrogen (secondary N) is 2. The van der Waals surface area contributed by atoms with Gasteiger partial charge >= 0.3 is 0 Å². The summed E-state index contributed by atoms with van der Waals surface area (Å²) in [5, 5.41) is 4.05. The maximum Gasteiger partial charge on any atom is 0.227 e.